The molecule has 0 fully saturated rings. The van der Waals surface area contributed by atoms with Gasteiger partial charge in [0.1, 0.15) is 5.75 Å². The number of ether oxygens (including phenoxy) is 1. The lowest BCUT2D eigenvalue weighted by Gasteiger charge is -2.12. The van der Waals surface area contributed by atoms with Gasteiger partial charge in [0.05, 0.1) is 7.11 Å². The summed E-state index contributed by atoms with van der Waals surface area (Å²) in [4.78, 5) is 0. The number of rotatable bonds is 1. The molecular weight excluding hydrogens is 160 g/mol. The van der Waals surface area contributed by atoms with Crippen molar-refractivity contribution in [2.24, 2.45) is 0 Å². The van der Waals surface area contributed by atoms with Gasteiger partial charge in [-0.15, -0.1) is 0 Å². The Labute approximate surface area is 79.7 Å². The van der Waals surface area contributed by atoms with Crippen molar-refractivity contribution in [2.45, 2.75) is 33.1 Å². The second-order valence-corrected chi connectivity index (χ2v) is 3.83. The molecule has 2 rings (SSSR count). The maximum absolute atomic E-state index is 5.35. The molecule has 0 aliphatic heterocycles. The fourth-order valence-electron chi connectivity index (χ4n) is 2.35. The van der Waals surface area contributed by atoms with Gasteiger partial charge in [0, 0.05) is 0 Å². The first-order valence-corrected chi connectivity index (χ1v) is 4.90. The molecule has 0 amide bonds. The van der Waals surface area contributed by atoms with Crippen LogP contribution < -0.4 is 4.74 Å². The molecule has 0 spiro atoms. The fourth-order valence-corrected chi connectivity index (χ4v) is 2.35. The summed E-state index contributed by atoms with van der Waals surface area (Å²) in [5, 5.41) is 0. The third-order valence-corrected chi connectivity index (χ3v) is 3.08. The Hall–Kier alpha value is -0.980. The highest BCUT2D eigenvalue weighted by Gasteiger charge is 2.17. The molecule has 0 unspecified atom stereocenters. The summed E-state index contributed by atoms with van der Waals surface area (Å²) < 4.78 is 5.35. The summed E-state index contributed by atoms with van der Waals surface area (Å²) in [7, 11) is 1.75. The second-order valence-electron chi connectivity index (χ2n) is 3.83. The zero-order valence-corrected chi connectivity index (χ0v) is 8.61. The van der Waals surface area contributed by atoms with E-state index in [0.29, 0.717) is 0 Å². The van der Waals surface area contributed by atoms with Crippen molar-refractivity contribution in [1.82, 2.24) is 0 Å². The predicted molar refractivity (Wildman–Crippen MR) is 54.5 cm³/mol. The quantitative estimate of drug-likeness (QED) is 0.639. The van der Waals surface area contributed by atoms with E-state index in [2.05, 4.69) is 19.9 Å². The van der Waals surface area contributed by atoms with Gasteiger partial charge in [-0.2, -0.15) is 0 Å². The van der Waals surface area contributed by atoms with E-state index in [4.69, 9.17) is 4.74 Å². The van der Waals surface area contributed by atoms with Crippen molar-refractivity contribution < 1.29 is 4.74 Å². The van der Waals surface area contributed by atoms with Crippen LogP contribution in [0.4, 0.5) is 0 Å². The van der Waals surface area contributed by atoms with E-state index < -0.39 is 0 Å². The average molecular weight is 176 g/mol. The summed E-state index contributed by atoms with van der Waals surface area (Å²) in [5.41, 5.74) is 5.85. The van der Waals surface area contributed by atoms with E-state index in [1.807, 2.05) is 0 Å². The molecule has 70 valence electrons. The molecule has 1 aromatic carbocycles. The molecule has 0 atom stereocenters. The highest BCUT2D eigenvalue weighted by atomic mass is 16.5. The van der Waals surface area contributed by atoms with E-state index in [1.165, 1.54) is 36.0 Å². The Bertz CT molecular complexity index is 339. The Balaban J connectivity index is 2.62. The van der Waals surface area contributed by atoms with Crippen LogP contribution >= 0.6 is 0 Å². The molecule has 0 heterocycles. The van der Waals surface area contributed by atoms with Crippen LogP contribution in [0.1, 0.15) is 28.7 Å². The highest BCUT2D eigenvalue weighted by Crippen LogP contribution is 2.33. The predicted octanol–water partition coefficient (Wildman–Crippen LogP) is 2.80. The van der Waals surface area contributed by atoms with Gasteiger partial charge in [-0.3, -0.25) is 0 Å². The first-order valence-electron chi connectivity index (χ1n) is 4.90. The Morgan fingerprint density at radius 2 is 1.85 bits per heavy atom. The van der Waals surface area contributed by atoms with Crippen molar-refractivity contribution in [3.63, 3.8) is 0 Å². The summed E-state index contributed by atoms with van der Waals surface area (Å²) in [5.74, 6) is 1.05. The van der Waals surface area contributed by atoms with Gasteiger partial charge in [-0.25, -0.2) is 0 Å². The van der Waals surface area contributed by atoms with Gasteiger partial charge in [-0.05, 0) is 61.4 Å². The van der Waals surface area contributed by atoms with Crippen LogP contribution in [0.5, 0.6) is 5.75 Å². The zero-order chi connectivity index (χ0) is 9.42. The summed E-state index contributed by atoms with van der Waals surface area (Å²) in [6.07, 6.45) is 3.80. The first kappa shape index (κ1) is 8.61. The maximum atomic E-state index is 5.35. The fraction of sp³-hybridized carbons (Fsp3) is 0.500. The van der Waals surface area contributed by atoms with Crippen LogP contribution in [0, 0.1) is 13.8 Å². The van der Waals surface area contributed by atoms with E-state index in [0.717, 1.165) is 5.75 Å². The number of benzene rings is 1. The SMILES string of the molecule is COc1cc(C)c2c(c1C)CCC2. The lowest BCUT2D eigenvalue weighted by atomic mass is 9.99. The molecule has 1 heteroatoms. The monoisotopic (exact) mass is 176 g/mol. The molecule has 0 radical (unpaired) electrons. The number of hydrogen-bond acceptors (Lipinski definition) is 1. The minimum atomic E-state index is 1.05. The van der Waals surface area contributed by atoms with Gasteiger partial charge in [-0.1, -0.05) is 0 Å². The van der Waals surface area contributed by atoms with Crippen molar-refractivity contribution in [1.29, 1.82) is 0 Å². The standard InChI is InChI=1S/C12H16O/c1-8-7-12(13-3)9(2)11-6-4-5-10(8)11/h7H,4-6H2,1-3H3. The molecule has 1 aromatic rings. The smallest absolute Gasteiger partial charge is 0.122 e. The van der Waals surface area contributed by atoms with Gasteiger partial charge >= 0.3 is 0 Å². The van der Waals surface area contributed by atoms with Gasteiger partial charge in [0.2, 0.25) is 0 Å². The van der Waals surface area contributed by atoms with Gasteiger partial charge in [0.15, 0.2) is 0 Å². The van der Waals surface area contributed by atoms with E-state index in [9.17, 15) is 0 Å². The molecule has 13 heavy (non-hydrogen) atoms. The van der Waals surface area contributed by atoms with Gasteiger partial charge in [0.25, 0.3) is 0 Å². The molecule has 0 saturated carbocycles. The molecule has 0 bridgehead atoms. The third-order valence-electron chi connectivity index (χ3n) is 3.08. The van der Waals surface area contributed by atoms with Gasteiger partial charge < -0.3 is 4.74 Å². The number of fused-ring (bicyclic) bond motifs is 1. The van der Waals surface area contributed by atoms with Crippen molar-refractivity contribution in [3.8, 4) is 5.75 Å². The van der Waals surface area contributed by atoms with Crippen LogP contribution in [0.25, 0.3) is 0 Å². The molecule has 0 aromatic heterocycles. The largest absolute Gasteiger partial charge is 0.496 e. The molecule has 0 saturated heterocycles. The first-order chi connectivity index (χ1) is 6.24. The lowest BCUT2D eigenvalue weighted by molar-refractivity contribution is 0.410. The highest BCUT2D eigenvalue weighted by molar-refractivity contribution is 5.50. The van der Waals surface area contributed by atoms with Crippen molar-refractivity contribution in [2.75, 3.05) is 7.11 Å². The normalized spacial score (nSPS) is 14.4. The molecule has 1 aliphatic carbocycles. The second kappa shape index (κ2) is 3.06. The number of aryl methyl sites for hydroxylation is 1. The van der Waals surface area contributed by atoms with Crippen LogP contribution in [0.3, 0.4) is 0 Å². The zero-order valence-electron chi connectivity index (χ0n) is 8.61. The van der Waals surface area contributed by atoms with Crippen LogP contribution in [-0.4, -0.2) is 7.11 Å². The summed E-state index contributed by atoms with van der Waals surface area (Å²) in [6.45, 7) is 4.36. The van der Waals surface area contributed by atoms with E-state index in [-0.39, 0.29) is 0 Å². The van der Waals surface area contributed by atoms with Crippen LogP contribution in [-0.2, 0) is 12.8 Å². The maximum Gasteiger partial charge on any atom is 0.122 e. The minimum Gasteiger partial charge on any atom is -0.496 e. The van der Waals surface area contributed by atoms with E-state index >= 15 is 0 Å². The van der Waals surface area contributed by atoms with Crippen molar-refractivity contribution >= 4 is 0 Å². The average Bonchev–Trinajstić information content (AvgIpc) is 2.60. The lowest BCUT2D eigenvalue weighted by Crippen LogP contribution is -1.96. The van der Waals surface area contributed by atoms with Crippen molar-refractivity contribution in [3.05, 3.63) is 28.3 Å². The minimum absolute atomic E-state index is 1.05. The third kappa shape index (κ3) is 1.23. The molecular formula is C12H16O. The number of methoxy groups -OCH3 is 1. The summed E-state index contributed by atoms with van der Waals surface area (Å²) >= 11 is 0. The molecule has 0 N–H and O–H groups in total. The topological polar surface area (TPSA) is 9.23 Å². The Kier molecular flexibility index (Phi) is 2.03. The van der Waals surface area contributed by atoms with E-state index in [1.54, 1.807) is 12.7 Å². The summed E-state index contributed by atoms with van der Waals surface area (Å²) in [6, 6.07) is 2.17. The molecule has 1 nitrogen and oxygen atoms in total. The van der Waals surface area contributed by atoms with Crippen LogP contribution in [0.15, 0.2) is 6.07 Å². The Morgan fingerprint density at radius 1 is 1.15 bits per heavy atom. The Morgan fingerprint density at radius 3 is 2.54 bits per heavy atom. The number of hydrogen-bond donors (Lipinski definition) is 0. The van der Waals surface area contributed by atoms with Crippen LogP contribution in [0.2, 0.25) is 0 Å². The molecule has 1 aliphatic rings.